The summed E-state index contributed by atoms with van der Waals surface area (Å²) in [5.74, 6) is 2.71. The van der Waals surface area contributed by atoms with Gasteiger partial charge in [-0.2, -0.15) is 0 Å². The molecule has 0 bridgehead atoms. The van der Waals surface area contributed by atoms with E-state index in [4.69, 9.17) is 0 Å². The molecule has 0 saturated carbocycles. The van der Waals surface area contributed by atoms with Crippen LogP contribution in [-0.4, -0.2) is 22.6 Å². The van der Waals surface area contributed by atoms with Crippen molar-refractivity contribution in [3.8, 4) is 0 Å². The molecular formula is C11H17N3. The van der Waals surface area contributed by atoms with Gasteiger partial charge in [0.2, 0.25) is 0 Å². The van der Waals surface area contributed by atoms with Crippen LogP contribution in [0.2, 0.25) is 0 Å². The first-order valence-corrected chi connectivity index (χ1v) is 5.62. The molecule has 0 radical (unpaired) electrons. The van der Waals surface area contributed by atoms with Crippen molar-refractivity contribution in [2.45, 2.75) is 38.1 Å². The first-order valence-electron chi connectivity index (χ1n) is 5.62. The van der Waals surface area contributed by atoms with Crippen molar-refractivity contribution in [3.05, 3.63) is 17.7 Å². The number of nitrogens with one attached hydrogen (secondary N) is 1. The fourth-order valence-electron chi connectivity index (χ4n) is 2.54. The lowest BCUT2D eigenvalue weighted by Gasteiger charge is -2.29. The first kappa shape index (κ1) is 8.48. The van der Waals surface area contributed by atoms with Crippen LogP contribution in [-0.2, 0) is 6.54 Å². The summed E-state index contributed by atoms with van der Waals surface area (Å²) in [5.41, 5.74) is 1.46. The SMILES string of the molecule is CC1CCCn2c1cnc2C1CNC1. The molecule has 3 nitrogen and oxygen atoms in total. The number of fused-ring (bicyclic) bond motifs is 1. The van der Waals surface area contributed by atoms with E-state index in [-0.39, 0.29) is 0 Å². The minimum Gasteiger partial charge on any atom is -0.331 e. The van der Waals surface area contributed by atoms with Crippen molar-refractivity contribution in [2.24, 2.45) is 0 Å². The van der Waals surface area contributed by atoms with Gasteiger partial charge in [-0.15, -0.1) is 0 Å². The fraction of sp³-hybridized carbons (Fsp3) is 0.727. The van der Waals surface area contributed by atoms with E-state index in [1.165, 1.54) is 30.9 Å². The Morgan fingerprint density at radius 3 is 3.07 bits per heavy atom. The Labute approximate surface area is 84.5 Å². The highest BCUT2D eigenvalue weighted by atomic mass is 15.1. The molecule has 3 rings (SSSR count). The molecule has 1 unspecified atom stereocenters. The van der Waals surface area contributed by atoms with Crippen LogP contribution in [0.3, 0.4) is 0 Å². The smallest absolute Gasteiger partial charge is 0.114 e. The summed E-state index contributed by atoms with van der Waals surface area (Å²) in [6, 6.07) is 0. The molecule has 3 heterocycles. The van der Waals surface area contributed by atoms with Gasteiger partial charge in [0.15, 0.2) is 0 Å². The Morgan fingerprint density at radius 2 is 2.36 bits per heavy atom. The topological polar surface area (TPSA) is 29.9 Å². The van der Waals surface area contributed by atoms with Crippen molar-refractivity contribution in [3.63, 3.8) is 0 Å². The van der Waals surface area contributed by atoms with Gasteiger partial charge < -0.3 is 9.88 Å². The quantitative estimate of drug-likeness (QED) is 0.728. The molecule has 1 atom stereocenters. The molecule has 14 heavy (non-hydrogen) atoms. The van der Waals surface area contributed by atoms with Gasteiger partial charge in [-0.3, -0.25) is 0 Å². The third kappa shape index (κ3) is 1.12. The Balaban J connectivity index is 1.97. The minimum absolute atomic E-state index is 0.675. The molecule has 2 aliphatic rings. The normalized spacial score (nSPS) is 27.1. The lowest BCUT2D eigenvalue weighted by atomic mass is 9.97. The van der Waals surface area contributed by atoms with E-state index in [0.29, 0.717) is 11.8 Å². The van der Waals surface area contributed by atoms with Crippen molar-refractivity contribution in [2.75, 3.05) is 13.1 Å². The maximum atomic E-state index is 4.59. The highest BCUT2D eigenvalue weighted by molar-refractivity contribution is 5.17. The van der Waals surface area contributed by atoms with Crippen LogP contribution in [0.4, 0.5) is 0 Å². The third-order valence-corrected chi connectivity index (χ3v) is 3.59. The van der Waals surface area contributed by atoms with Crippen LogP contribution in [0, 0.1) is 0 Å². The molecule has 0 aliphatic carbocycles. The summed E-state index contributed by atoms with van der Waals surface area (Å²) in [5, 5.41) is 3.31. The maximum absolute atomic E-state index is 4.59. The van der Waals surface area contributed by atoms with Crippen molar-refractivity contribution >= 4 is 0 Å². The van der Waals surface area contributed by atoms with Gasteiger partial charge in [-0.1, -0.05) is 6.92 Å². The predicted molar refractivity (Wildman–Crippen MR) is 55.5 cm³/mol. The van der Waals surface area contributed by atoms with E-state index in [2.05, 4.69) is 28.0 Å². The summed E-state index contributed by atoms with van der Waals surface area (Å²) in [6.45, 7) is 5.73. The Morgan fingerprint density at radius 1 is 1.50 bits per heavy atom. The van der Waals surface area contributed by atoms with Crippen LogP contribution in [0.15, 0.2) is 6.20 Å². The van der Waals surface area contributed by atoms with E-state index in [1.807, 2.05) is 0 Å². The molecule has 0 amide bonds. The lowest BCUT2D eigenvalue weighted by Crippen LogP contribution is -2.41. The molecule has 1 fully saturated rings. The summed E-state index contributed by atoms with van der Waals surface area (Å²) in [4.78, 5) is 4.59. The first-order chi connectivity index (χ1) is 6.86. The highest BCUT2D eigenvalue weighted by Crippen LogP contribution is 2.30. The summed E-state index contributed by atoms with van der Waals surface area (Å²) in [7, 11) is 0. The number of aromatic nitrogens is 2. The Hall–Kier alpha value is -0.830. The Bertz CT molecular complexity index is 338. The maximum Gasteiger partial charge on any atom is 0.114 e. The second-order valence-corrected chi connectivity index (χ2v) is 4.59. The van der Waals surface area contributed by atoms with E-state index in [1.54, 1.807) is 0 Å². The highest BCUT2D eigenvalue weighted by Gasteiger charge is 2.27. The van der Waals surface area contributed by atoms with Gasteiger partial charge in [-0.05, 0) is 18.8 Å². The number of hydrogen-bond acceptors (Lipinski definition) is 2. The zero-order chi connectivity index (χ0) is 9.54. The van der Waals surface area contributed by atoms with Crippen molar-refractivity contribution < 1.29 is 0 Å². The monoisotopic (exact) mass is 191 g/mol. The molecule has 1 N–H and O–H groups in total. The number of hydrogen-bond donors (Lipinski definition) is 1. The molecule has 1 aromatic heterocycles. The van der Waals surface area contributed by atoms with Crippen LogP contribution in [0.5, 0.6) is 0 Å². The van der Waals surface area contributed by atoms with E-state index >= 15 is 0 Å². The third-order valence-electron chi connectivity index (χ3n) is 3.59. The standard InChI is InChI=1S/C11H17N3/c1-8-3-2-4-14-10(8)7-13-11(14)9-5-12-6-9/h7-9,12H,2-6H2,1H3. The van der Waals surface area contributed by atoms with Gasteiger partial charge in [0.05, 0.1) is 0 Å². The molecule has 76 valence electrons. The summed E-state index contributed by atoms with van der Waals surface area (Å²) >= 11 is 0. The molecule has 0 aromatic carbocycles. The van der Waals surface area contributed by atoms with Gasteiger partial charge in [0.25, 0.3) is 0 Å². The summed E-state index contributed by atoms with van der Waals surface area (Å²) in [6.07, 6.45) is 4.74. The molecule has 0 spiro atoms. The van der Waals surface area contributed by atoms with Crippen molar-refractivity contribution in [1.82, 2.24) is 14.9 Å². The average Bonchev–Trinajstić information content (AvgIpc) is 2.48. The van der Waals surface area contributed by atoms with Crippen LogP contribution < -0.4 is 5.32 Å². The van der Waals surface area contributed by atoms with Crippen molar-refractivity contribution in [1.29, 1.82) is 0 Å². The second kappa shape index (κ2) is 3.09. The van der Waals surface area contributed by atoms with Gasteiger partial charge in [0.1, 0.15) is 5.82 Å². The largest absolute Gasteiger partial charge is 0.331 e. The van der Waals surface area contributed by atoms with Gasteiger partial charge >= 0.3 is 0 Å². The van der Waals surface area contributed by atoms with E-state index in [0.717, 1.165) is 13.1 Å². The lowest BCUT2D eigenvalue weighted by molar-refractivity contribution is 0.390. The van der Waals surface area contributed by atoms with Crippen LogP contribution in [0.25, 0.3) is 0 Å². The van der Waals surface area contributed by atoms with E-state index < -0.39 is 0 Å². The number of rotatable bonds is 1. The van der Waals surface area contributed by atoms with Crippen LogP contribution in [0.1, 0.15) is 43.1 Å². The van der Waals surface area contributed by atoms with Gasteiger partial charge in [0, 0.05) is 37.4 Å². The average molecular weight is 191 g/mol. The van der Waals surface area contributed by atoms with Gasteiger partial charge in [-0.25, -0.2) is 4.98 Å². The van der Waals surface area contributed by atoms with E-state index in [9.17, 15) is 0 Å². The Kier molecular flexibility index (Phi) is 1.87. The van der Waals surface area contributed by atoms with Crippen LogP contribution >= 0.6 is 0 Å². The zero-order valence-electron chi connectivity index (χ0n) is 8.66. The molecule has 3 heteroatoms. The number of nitrogens with zero attached hydrogens (tertiary/aromatic N) is 2. The minimum atomic E-state index is 0.675. The number of imidazole rings is 1. The second-order valence-electron chi connectivity index (χ2n) is 4.59. The fourth-order valence-corrected chi connectivity index (χ4v) is 2.54. The molecular weight excluding hydrogens is 174 g/mol. The predicted octanol–water partition coefficient (Wildman–Crippen LogP) is 1.47. The molecule has 1 saturated heterocycles. The zero-order valence-corrected chi connectivity index (χ0v) is 8.66. The molecule has 2 aliphatic heterocycles. The summed E-state index contributed by atoms with van der Waals surface area (Å²) < 4.78 is 2.46. The molecule has 1 aromatic rings.